The third kappa shape index (κ3) is 3.64. The van der Waals surface area contributed by atoms with Crippen molar-refractivity contribution in [1.82, 2.24) is 9.78 Å². The third-order valence-corrected chi connectivity index (χ3v) is 3.97. The summed E-state index contributed by atoms with van der Waals surface area (Å²) in [6, 6.07) is 10.2. The van der Waals surface area contributed by atoms with E-state index in [1.54, 1.807) is 6.20 Å². The molecular formula is C16H18ClN3O. The number of rotatable bonds is 6. The van der Waals surface area contributed by atoms with Crippen LogP contribution in [0.15, 0.2) is 41.3 Å². The van der Waals surface area contributed by atoms with E-state index in [1.807, 2.05) is 18.2 Å². The zero-order valence-electron chi connectivity index (χ0n) is 11.8. The van der Waals surface area contributed by atoms with Crippen LogP contribution in [0.5, 0.6) is 0 Å². The molecule has 1 saturated carbocycles. The second kappa shape index (κ2) is 6.31. The number of halogens is 1. The Bertz CT molecular complexity index is 665. The van der Waals surface area contributed by atoms with Crippen LogP contribution in [-0.4, -0.2) is 16.3 Å². The van der Waals surface area contributed by atoms with Gasteiger partial charge in [-0.25, -0.2) is 4.68 Å². The molecule has 4 nitrogen and oxygen atoms in total. The molecule has 21 heavy (non-hydrogen) atoms. The maximum atomic E-state index is 12.3. The summed E-state index contributed by atoms with van der Waals surface area (Å²) in [5, 5.41) is 7.66. The van der Waals surface area contributed by atoms with Crippen molar-refractivity contribution in [3.8, 4) is 0 Å². The maximum absolute atomic E-state index is 12.3. The molecule has 1 aliphatic carbocycles. The van der Waals surface area contributed by atoms with Crippen LogP contribution in [0.2, 0.25) is 5.02 Å². The number of hydrogen-bond donors (Lipinski definition) is 1. The molecule has 0 atom stereocenters. The van der Waals surface area contributed by atoms with Gasteiger partial charge >= 0.3 is 0 Å². The molecule has 110 valence electrons. The lowest BCUT2D eigenvalue weighted by atomic mass is 10.1. The summed E-state index contributed by atoms with van der Waals surface area (Å²) in [6.45, 7) is 1.37. The van der Waals surface area contributed by atoms with Crippen LogP contribution >= 0.6 is 11.6 Å². The maximum Gasteiger partial charge on any atom is 0.291 e. The Kier molecular flexibility index (Phi) is 4.25. The van der Waals surface area contributed by atoms with Crippen molar-refractivity contribution < 1.29 is 0 Å². The van der Waals surface area contributed by atoms with Gasteiger partial charge in [0.05, 0.1) is 11.2 Å². The normalized spacial score (nSPS) is 14.1. The first-order valence-corrected chi connectivity index (χ1v) is 7.65. The number of nitrogens with one attached hydrogen (secondary N) is 1. The molecule has 1 aromatic carbocycles. The zero-order chi connectivity index (χ0) is 14.7. The Hall–Kier alpha value is -1.81. The molecule has 0 saturated heterocycles. The van der Waals surface area contributed by atoms with E-state index >= 15 is 0 Å². The van der Waals surface area contributed by atoms with E-state index in [9.17, 15) is 4.79 Å². The smallest absolute Gasteiger partial charge is 0.291 e. The molecule has 1 aromatic heterocycles. The van der Waals surface area contributed by atoms with Crippen molar-refractivity contribution in [3.63, 3.8) is 0 Å². The average Bonchev–Trinajstić information content (AvgIpc) is 3.31. The third-order valence-electron chi connectivity index (χ3n) is 3.68. The molecule has 0 aliphatic heterocycles. The van der Waals surface area contributed by atoms with E-state index in [2.05, 4.69) is 22.5 Å². The monoisotopic (exact) mass is 303 g/mol. The number of anilines is 1. The van der Waals surface area contributed by atoms with E-state index in [0.717, 1.165) is 6.42 Å². The molecule has 0 unspecified atom stereocenters. The quantitative estimate of drug-likeness (QED) is 0.892. The Morgan fingerprint density at radius 3 is 2.76 bits per heavy atom. The zero-order valence-corrected chi connectivity index (χ0v) is 12.5. The van der Waals surface area contributed by atoms with Crippen LogP contribution in [-0.2, 0) is 13.0 Å². The minimum atomic E-state index is -0.123. The summed E-state index contributed by atoms with van der Waals surface area (Å²) in [5.74, 6) is 0.605. The molecule has 0 amide bonds. The SMILES string of the molecule is O=c1c(NCCc2ccccc2)c(Cl)cnn1CC1CC1. The van der Waals surface area contributed by atoms with Crippen molar-refractivity contribution in [3.05, 3.63) is 57.5 Å². The highest BCUT2D eigenvalue weighted by Crippen LogP contribution is 2.30. The van der Waals surface area contributed by atoms with Gasteiger partial charge in [0, 0.05) is 13.1 Å². The fraction of sp³-hybridized carbons (Fsp3) is 0.375. The Labute approximate surface area is 128 Å². The summed E-state index contributed by atoms with van der Waals surface area (Å²) < 4.78 is 1.52. The van der Waals surface area contributed by atoms with E-state index in [0.29, 0.717) is 29.7 Å². The first-order chi connectivity index (χ1) is 10.2. The van der Waals surface area contributed by atoms with Gasteiger partial charge in [-0.1, -0.05) is 41.9 Å². The van der Waals surface area contributed by atoms with Gasteiger partial charge in [-0.15, -0.1) is 0 Å². The van der Waals surface area contributed by atoms with Crippen molar-refractivity contribution in [2.45, 2.75) is 25.8 Å². The van der Waals surface area contributed by atoms with Crippen LogP contribution in [0, 0.1) is 5.92 Å². The fourth-order valence-corrected chi connectivity index (χ4v) is 2.47. The minimum absolute atomic E-state index is 0.123. The van der Waals surface area contributed by atoms with Gasteiger partial charge in [-0.3, -0.25) is 4.79 Å². The predicted octanol–water partition coefficient (Wildman–Crippen LogP) is 2.96. The van der Waals surface area contributed by atoms with Crippen LogP contribution in [0.25, 0.3) is 0 Å². The highest BCUT2D eigenvalue weighted by atomic mass is 35.5. The average molecular weight is 304 g/mol. The lowest BCUT2D eigenvalue weighted by Gasteiger charge is -2.10. The first-order valence-electron chi connectivity index (χ1n) is 7.27. The second-order valence-corrected chi connectivity index (χ2v) is 5.87. The molecule has 1 aliphatic rings. The summed E-state index contributed by atoms with van der Waals surface area (Å²) in [7, 11) is 0. The molecule has 5 heteroatoms. The number of aromatic nitrogens is 2. The largest absolute Gasteiger partial charge is 0.379 e. The molecule has 3 rings (SSSR count). The first kappa shape index (κ1) is 14.1. The Balaban J connectivity index is 1.67. The van der Waals surface area contributed by atoms with Crippen molar-refractivity contribution >= 4 is 17.3 Å². The lowest BCUT2D eigenvalue weighted by molar-refractivity contribution is 0.534. The van der Waals surface area contributed by atoms with Crippen molar-refractivity contribution in [2.24, 2.45) is 5.92 Å². The van der Waals surface area contributed by atoms with Crippen molar-refractivity contribution in [2.75, 3.05) is 11.9 Å². The van der Waals surface area contributed by atoms with Gasteiger partial charge in [0.2, 0.25) is 0 Å². The van der Waals surface area contributed by atoms with Crippen LogP contribution in [0.4, 0.5) is 5.69 Å². The summed E-state index contributed by atoms with van der Waals surface area (Å²) >= 11 is 6.10. The summed E-state index contributed by atoms with van der Waals surface area (Å²) in [4.78, 5) is 12.3. The van der Waals surface area contributed by atoms with Gasteiger partial charge in [0.1, 0.15) is 5.69 Å². The van der Waals surface area contributed by atoms with E-state index in [-0.39, 0.29) is 5.56 Å². The minimum Gasteiger partial charge on any atom is -0.379 e. The van der Waals surface area contributed by atoms with Crippen LogP contribution in [0.3, 0.4) is 0 Å². The Morgan fingerprint density at radius 1 is 1.29 bits per heavy atom. The standard InChI is InChI=1S/C16H18ClN3O/c17-14-10-19-20(11-13-6-7-13)16(21)15(14)18-9-8-12-4-2-1-3-5-12/h1-5,10,13,18H,6-9,11H2. The molecular weight excluding hydrogens is 286 g/mol. The lowest BCUT2D eigenvalue weighted by Crippen LogP contribution is -2.27. The highest BCUT2D eigenvalue weighted by molar-refractivity contribution is 6.32. The van der Waals surface area contributed by atoms with Gasteiger partial charge < -0.3 is 5.32 Å². The van der Waals surface area contributed by atoms with E-state index in [1.165, 1.54) is 23.1 Å². The van der Waals surface area contributed by atoms with Gasteiger partial charge in [0.25, 0.3) is 5.56 Å². The van der Waals surface area contributed by atoms with Crippen molar-refractivity contribution in [1.29, 1.82) is 0 Å². The fourth-order valence-electron chi connectivity index (χ4n) is 2.28. The molecule has 0 spiro atoms. The van der Waals surface area contributed by atoms with E-state index < -0.39 is 0 Å². The second-order valence-electron chi connectivity index (χ2n) is 5.46. The molecule has 1 heterocycles. The summed E-state index contributed by atoms with van der Waals surface area (Å²) in [6.07, 6.45) is 4.78. The number of hydrogen-bond acceptors (Lipinski definition) is 3. The van der Waals surface area contributed by atoms with Gasteiger partial charge in [0.15, 0.2) is 0 Å². The number of nitrogens with zero attached hydrogens (tertiary/aromatic N) is 2. The summed E-state index contributed by atoms with van der Waals surface area (Å²) in [5.41, 5.74) is 1.57. The molecule has 1 N–H and O–H groups in total. The van der Waals surface area contributed by atoms with E-state index in [4.69, 9.17) is 11.6 Å². The molecule has 1 fully saturated rings. The number of benzene rings is 1. The molecule has 0 radical (unpaired) electrons. The van der Waals surface area contributed by atoms with Crippen LogP contribution in [0.1, 0.15) is 18.4 Å². The van der Waals surface area contributed by atoms with Gasteiger partial charge in [-0.05, 0) is 30.7 Å². The highest BCUT2D eigenvalue weighted by Gasteiger charge is 2.23. The Morgan fingerprint density at radius 2 is 2.05 bits per heavy atom. The van der Waals surface area contributed by atoms with Crippen LogP contribution < -0.4 is 10.9 Å². The molecule has 0 bridgehead atoms. The van der Waals surface area contributed by atoms with Gasteiger partial charge in [-0.2, -0.15) is 5.10 Å². The topological polar surface area (TPSA) is 46.9 Å². The predicted molar refractivity (Wildman–Crippen MR) is 84.9 cm³/mol. The molecule has 2 aromatic rings.